The SMILES string of the molecule is COc1cccc(NC(=O)NC2C[C@H]3CCC[C@H](C2)[NH+]3Cc2cccs2)c1. The molecule has 2 aliphatic rings. The number of hydrogen-bond donors (Lipinski definition) is 3. The lowest BCUT2D eigenvalue weighted by Gasteiger charge is -2.45. The lowest BCUT2D eigenvalue weighted by molar-refractivity contribution is -0.973. The van der Waals surface area contributed by atoms with Crippen LogP contribution in [0, 0.1) is 0 Å². The van der Waals surface area contributed by atoms with Crippen molar-refractivity contribution < 1.29 is 14.4 Å². The molecule has 5 nitrogen and oxygen atoms in total. The number of thiophene rings is 1. The van der Waals surface area contributed by atoms with E-state index in [0.717, 1.165) is 30.8 Å². The van der Waals surface area contributed by atoms with E-state index in [9.17, 15) is 4.79 Å². The van der Waals surface area contributed by atoms with Crippen LogP contribution in [0.1, 0.15) is 37.0 Å². The van der Waals surface area contributed by atoms with E-state index in [1.54, 1.807) is 12.0 Å². The number of ether oxygens (including phenoxy) is 1. The Morgan fingerprint density at radius 1 is 1.22 bits per heavy atom. The summed E-state index contributed by atoms with van der Waals surface area (Å²) < 4.78 is 5.22. The van der Waals surface area contributed by atoms with Gasteiger partial charge in [0.25, 0.3) is 0 Å². The fourth-order valence-corrected chi connectivity index (χ4v) is 5.45. The van der Waals surface area contributed by atoms with E-state index in [-0.39, 0.29) is 12.1 Å². The molecule has 3 heterocycles. The Bertz CT molecular complexity index is 751. The molecule has 3 N–H and O–H groups in total. The molecular weight excluding hydrogens is 358 g/mol. The normalized spacial score (nSPS) is 27.0. The van der Waals surface area contributed by atoms with Crippen LogP contribution < -0.4 is 20.3 Å². The van der Waals surface area contributed by atoms with Crippen molar-refractivity contribution in [1.29, 1.82) is 0 Å². The highest BCUT2D eigenvalue weighted by atomic mass is 32.1. The van der Waals surface area contributed by atoms with Gasteiger partial charge in [0, 0.05) is 30.6 Å². The van der Waals surface area contributed by atoms with Crippen LogP contribution in [-0.2, 0) is 6.54 Å². The number of nitrogens with one attached hydrogen (secondary N) is 3. The molecule has 2 bridgehead atoms. The number of quaternary nitrogens is 1. The van der Waals surface area contributed by atoms with E-state index in [2.05, 4.69) is 28.1 Å². The average molecular weight is 387 g/mol. The maximum Gasteiger partial charge on any atom is 0.319 e. The Labute approximate surface area is 164 Å². The number of piperidine rings is 2. The van der Waals surface area contributed by atoms with E-state index >= 15 is 0 Å². The van der Waals surface area contributed by atoms with Crippen molar-refractivity contribution >= 4 is 23.1 Å². The largest absolute Gasteiger partial charge is 0.497 e. The number of hydrogen-bond acceptors (Lipinski definition) is 3. The minimum atomic E-state index is -0.118. The van der Waals surface area contributed by atoms with Gasteiger partial charge in [-0.1, -0.05) is 12.1 Å². The third-order valence-corrected chi connectivity index (χ3v) is 6.79. The summed E-state index contributed by atoms with van der Waals surface area (Å²) in [5, 5.41) is 8.32. The van der Waals surface area contributed by atoms with Crippen LogP contribution >= 0.6 is 11.3 Å². The zero-order valence-electron chi connectivity index (χ0n) is 15.7. The monoisotopic (exact) mass is 386 g/mol. The van der Waals surface area contributed by atoms with E-state index in [1.165, 1.54) is 24.1 Å². The van der Waals surface area contributed by atoms with E-state index in [4.69, 9.17) is 4.74 Å². The maximum atomic E-state index is 12.5. The quantitative estimate of drug-likeness (QED) is 0.740. The van der Waals surface area contributed by atoms with Gasteiger partial charge < -0.3 is 20.3 Å². The first-order valence-electron chi connectivity index (χ1n) is 9.81. The number of fused-ring (bicyclic) bond motifs is 2. The summed E-state index contributed by atoms with van der Waals surface area (Å²) in [6, 6.07) is 13.3. The summed E-state index contributed by atoms with van der Waals surface area (Å²) in [4.78, 5) is 15.7. The third kappa shape index (κ3) is 4.45. The Morgan fingerprint density at radius 3 is 2.74 bits per heavy atom. The third-order valence-electron chi connectivity index (χ3n) is 5.91. The molecule has 2 aromatic rings. The number of carbonyl (C=O) groups excluding carboxylic acids is 1. The zero-order valence-corrected chi connectivity index (χ0v) is 16.6. The van der Waals surface area contributed by atoms with Crippen molar-refractivity contribution in [3.8, 4) is 5.75 Å². The summed E-state index contributed by atoms with van der Waals surface area (Å²) in [6.07, 6.45) is 6.01. The van der Waals surface area contributed by atoms with Crippen molar-refractivity contribution in [2.45, 2.75) is 56.8 Å². The summed E-state index contributed by atoms with van der Waals surface area (Å²) >= 11 is 1.86. The van der Waals surface area contributed by atoms with Crippen LogP contribution in [0.5, 0.6) is 5.75 Å². The molecule has 27 heavy (non-hydrogen) atoms. The number of benzene rings is 1. The molecule has 0 saturated carbocycles. The highest BCUT2D eigenvalue weighted by Crippen LogP contribution is 2.24. The maximum absolute atomic E-state index is 12.5. The summed E-state index contributed by atoms with van der Waals surface area (Å²) in [5.41, 5.74) is 0.757. The second-order valence-corrected chi connectivity index (χ2v) is 8.69. The van der Waals surface area contributed by atoms with E-state index in [1.807, 2.05) is 35.6 Å². The Hall–Kier alpha value is -2.05. The van der Waals surface area contributed by atoms with Crippen molar-refractivity contribution in [2.24, 2.45) is 0 Å². The van der Waals surface area contributed by atoms with Gasteiger partial charge in [0.2, 0.25) is 0 Å². The molecule has 0 spiro atoms. The van der Waals surface area contributed by atoms with Gasteiger partial charge in [0.1, 0.15) is 12.3 Å². The van der Waals surface area contributed by atoms with Gasteiger partial charge in [-0.05, 0) is 42.8 Å². The number of methoxy groups -OCH3 is 1. The second-order valence-electron chi connectivity index (χ2n) is 7.65. The molecule has 6 heteroatoms. The first-order valence-corrected chi connectivity index (χ1v) is 10.7. The van der Waals surface area contributed by atoms with Gasteiger partial charge in [-0.3, -0.25) is 0 Å². The predicted molar refractivity (Wildman–Crippen MR) is 109 cm³/mol. The Morgan fingerprint density at radius 2 is 2.04 bits per heavy atom. The topological polar surface area (TPSA) is 54.8 Å². The van der Waals surface area contributed by atoms with Gasteiger partial charge in [0.05, 0.1) is 24.1 Å². The minimum absolute atomic E-state index is 0.118. The van der Waals surface area contributed by atoms with Crippen LogP contribution in [0.25, 0.3) is 0 Å². The molecule has 1 aromatic heterocycles. The van der Waals surface area contributed by atoms with E-state index in [0.29, 0.717) is 12.1 Å². The van der Waals surface area contributed by atoms with Crippen LogP contribution in [0.3, 0.4) is 0 Å². The lowest BCUT2D eigenvalue weighted by Crippen LogP contribution is -3.20. The molecule has 2 amide bonds. The van der Waals surface area contributed by atoms with Gasteiger partial charge in [-0.2, -0.15) is 0 Å². The van der Waals surface area contributed by atoms with Crippen LogP contribution in [-0.4, -0.2) is 31.3 Å². The molecule has 2 fully saturated rings. The van der Waals surface area contributed by atoms with Crippen molar-refractivity contribution in [2.75, 3.05) is 12.4 Å². The predicted octanol–water partition coefficient (Wildman–Crippen LogP) is 3.05. The molecular formula is C21H28N3O2S+. The molecule has 2 saturated heterocycles. The molecule has 2 atom stereocenters. The molecule has 0 radical (unpaired) electrons. The van der Waals surface area contributed by atoms with E-state index < -0.39 is 0 Å². The van der Waals surface area contributed by atoms with Gasteiger partial charge >= 0.3 is 6.03 Å². The molecule has 0 unspecified atom stereocenters. The molecule has 2 aliphatic heterocycles. The number of rotatable bonds is 5. The van der Waals surface area contributed by atoms with Gasteiger partial charge in [0.15, 0.2) is 0 Å². The molecule has 4 rings (SSSR count). The molecule has 144 valence electrons. The molecule has 0 aliphatic carbocycles. The number of urea groups is 1. The Balaban J connectivity index is 1.34. The highest BCUT2D eigenvalue weighted by Gasteiger charge is 2.42. The minimum Gasteiger partial charge on any atom is -0.497 e. The fourth-order valence-electron chi connectivity index (χ4n) is 4.71. The number of anilines is 1. The standard InChI is InChI=1S/C21H27N3O2S/c1-26-19-8-2-5-15(13-19)22-21(25)23-16-11-17-6-3-7-18(12-16)24(17)14-20-9-4-10-27-20/h2,4-5,8-10,13,16-18H,3,6-7,11-12,14H2,1H3,(H2,22,23,25)/p+1/t17-,18-/m1/s1. The first kappa shape index (κ1) is 18.3. The van der Waals surface area contributed by atoms with Crippen molar-refractivity contribution in [3.63, 3.8) is 0 Å². The Kier molecular flexibility index (Phi) is 5.64. The second kappa shape index (κ2) is 8.31. The van der Waals surface area contributed by atoms with Crippen LogP contribution in [0.15, 0.2) is 41.8 Å². The average Bonchev–Trinajstić information content (AvgIpc) is 3.15. The van der Waals surface area contributed by atoms with Crippen molar-refractivity contribution in [1.82, 2.24) is 5.32 Å². The van der Waals surface area contributed by atoms with Gasteiger partial charge in [-0.15, -0.1) is 11.3 Å². The smallest absolute Gasteiger partial charge is 0.319 e. The zero-order chi connectivity index (χ0) is 18.6. The van der Waals surface area contributed by atoms with Crippen LogP contribution in [0.2, 0.25) is 0 Å². The van der Waals surface area contributed by atoms with Gasteiger partial charge in [-0.25, -0.2) is 4.79 Å². The summed E-state index contributed by atoms with van der Waals surface area (Å²) in [6.45, 7) is 1.13. The fraction of sp³-hybridized carbons (Fsp3) is 0.476. The number of amides is 2. The lowest BCUT2D eigenvalue weighted by atomic mass is 9.81. The first-order chi connectivity index (χ1) is 13.2. The summed E-state index contributed by atoms with van der Waals surface area (Å²) in [5.74, 6) is 0.743. The van der Waals surface area contributed by atoms with Crippen LogP contribution in [0.4, 0.5) is 10.5 Å². The molecule has 1 aromatic carbocycles. The summed E-state index contributed by atoms with van der Waals surface area (Å²) in [7, 11) is 1.63. The van der Waals surface area contributed by atoms with Crippen molar-refractivity contribution in [3.05, 3.63) is 46.7 Å². The highest BCUT2D eigenvalue weighted by molar-refractivity contribution is 7.09. The number of carbonyl (C=O) groups is 1.